The summed E-state index contributed by atoms with van der Waals surface area (Å²) in [6, 6.07) is 0. The quantitative estimate of drug-likeness (QED) is 0.422. The fourth-order valence-corrected chi connectivity index (χ4v) is 3.17. The van der Waals surface area contributed by atoms with Crippen molar-refractivity contribution >= 4 is 29.9 Å². The zero-order valence-corrected chi connectivity index (χ0v) is 16.2. The number of nitrogens with zero attached hydrogens (tertiary/aromatic N) is 4. The average molecular weight is 434 g/mol. The maximum atomic E-state index is 5.62. The Morgan fingerprint density at radius 2 is 2.13 bits per heavy atom. The first kappa shape index (κ1) is 18.4. The van der Waals surface area contributed by atoms with Crippen LogP contribution >= 0.6 is 24.0 Å². The zero-order chi connectivity index (χ0) is 15.4. The lowest BCUT2D eigenvalue weighted by Gasteiger charge is -2.25. The number of aromatic nitrogens is 3. The van der Waals surface area contributed by atoms with Gasteiger partial charge >= 0.3 is 0 Å². The SMILES string of the molecule is CN=C(NCC1CCc2nnc(C)n2C1)NCC1CCCO1.I. The van der Waals surface area contributed by atoms with Crippen molar-refractivity contribution in [1.29, 1.82) is 0 Å². The number of hydrogen-bond donors (Lipinski definition) is 2. The molecule has 0 saturated carbocycles. The molecule has 0 radical (unpaired) electrons. The minimum atomic E-state index is 0. The summed E-state index contributed by atoms with van der Waals surface area (Å²) in [4.78, 5) is 4.29. The van der Waals surface area contributed by atoms with E-state index in [0.717, 1.165) is 63.1 Å². The van der Waals surface area contributed by atoms with E-state index in [1.807, 2.05) is 14.0 Å². The third kappa shape index (κ3) is 4.79. The van der Waals surface area contributed by atoms with Gasteiger partial charge in [-0.1, -0.05) is 0 Å². The monoisotopic (exact) mass is 434 g/mol. The van der Waals surface area contributed by atoms with Crippen molar-refractivity contribution in [3.63, 3.8) is 0 Å². The first-order valence-corrected chi connectivity index (χ1v) is 8.21. The van der Waals surface area contributed by atoms with Crippen molar-refractivity contribution in [2.45, 2.75) is 45.3 Å². The van der Waals surface area contributed by atoms with E-state index < -0.39 is 0 Å². The van der Waals surface area contributed by atoms with E-state index in [9.17, 15) is 0 Å². The molecule has 1 aromatic heterocycles. The smallest absolute Gasteiger partial charge is 0.191 e. The van der Waals surface area contributed by atoms with Crippen LogP contribution in [0, 0.1) is 12.8 Å². The van der Waals surface area contributed by atoms with Crippen molar-refractivity contribution in [2.75, 3.05) is 26.7 Å². The van der Waals surface area contributed by atoms with Crippen LogP contribution in [-0.4, -0.2) is 53.6 Å². The number of aliphatic imine (C=N–C) groups is 1. The standard InChI is InChI=1S/C15H26N6O.HI/c1-11-19-20-14-6-5-12(10-21(11)14)8-17-15(16-2)18-9-13-4-3-7-22-13;/h12-13H,3-10H2,1-2H3,(H2,16,17,18);1H. The number of aryl methyl sites for hydroxylation is 2. The van der Waals surface area contributed by atoms with Crippen molar-refractivity contribution in [3.05, 3.63) is 11.6 Å². The van der Waals surface area contributed by atoms with Gasteiger partial charge in [-0.25, -0.2) is 0 Å². The maximum absolute atomic E-state index is 5.62. The molecular formula is C15H27IN6O. The summed E-state index contributed by atoms with van der Waals surface area (Å²) in [6.07, 6.45) is 4.79. The molecule has 130 valence electrons. The van der Waals surface area contributed by atoms with Gasteiger partial charge in [0.15, 0.2) is 5.96 Å². The van der Waals surface area contributed by atoms with Crippen molar-refractivity contribution in [3.8, 4) is 0 Å². The highest BCUT2D eigenvalue weighted by Crippen LogP contribution is 2.19. The minimum absolute atomic E-state index is 0. The molecule has 2 N–H and O–H groups in total. The fraction of sp³-hybridized carbons (Fsp3) is 0.800. The van der Waals surface area contributed by atoms with Crippen LogP contribution in [0.4, 0.5) is 0 Å². The molecule has 0 bridgehead atoms. The molecule has 1 aromatic rings. The molecule has 2 unspecified atom stereocenters. The Kier molecular flexibility index (Phi) is 7.07. The molecule has 3 heterocycles. The molecule has 2 aliphatic rings. The maximum Gasteiger partial charge on any atom is 0.191 e. The molecule has 2 aliphatic heterocycles. The summed E-state index contributed by atoms with van der Waals surface area (Å²) >= 11 is 0. The van der Waals surface area contributed by atoms with Gasteiger partial charge in [-0.15, -0.1) is 34.2 Å². The lowest BCUT2D eigenvalue weighted by atomic mass is 9.99. The fourth-order valence-electron chi connectivity index (χ4n) is 3.17. The highest BCUT2D eigenvalue weighted by molar-refractivity contribution is 14.0. The molecule has 0 spiro atoms. The lowest BCUT2D eigenvalue weighted by Crippen LogP contribution is -2.43. The number of rotatable bonds is 4. The Hall–Kier alpha value is -0.900. The number of ether oxygens (including phenoxy) is 1. The largest absolute Gasteiger partial charge is 0.376 e. The van der Waals surface area contributed by atoms with Gasteiger partial charge in [0.25, 0.3) is 0 Å². The Bertz CT molecular complexity index is 526. The number of halogens is 1. The molecule has 3 rings (SSSR count). The second-order valence-corrected chi connectivity index (χ2v) is 6.15. The Morgan fingerprint density at radius 1 is 1.30 bits per heavy atom. The lowest BCUT2D eigenvalue weighted by molar-refractivity contribution is 0.113. The van der Waals surface area contributed by atoms with Gasteiger partial charge in [-0.05, 0) is 32.1 Å². The van der Waals surface area contributed by atoms with E-state index in [1.165, 1.54) is 6.42 Å². The predicted octanol–water partition coefficient (Wildman–Crippen LogP) is 1.11. The van der Waals surface area contributed by atoms with Crippen molar-refractivity contribution in [1.82, 2.24) is 25.4 Å². The van der Waals surface area contributed by atoms with E-state index in [0.29, 0.717) is 12.0 Å². The number of fused-ring (bicyclic) bond motifs is 1. The van der Waals surface area contributed by atoms with Crippen LogP contribution in [0.25, 0.3) is 0 Å². The van der Waals surface area contributed by atoms with Gasteiger partial charge in [0.1, 0.15) is 11.6 Å². The van der Waals surface area contributed by atoms with Gasteiger partial charge in [0.2, 0.25) is 0 Å². The third-order valence-electron chi connectivity index (χ3n) is 4.53. The van der Waals surface area contributed by atoms with Crippen LogP contribution in [0.2, 0.25) is 0 Å². The number of nitrogens with one attached hydrogen (secondary N) is 2. The molecule has 2 atom stereocenters. The van der Waals surface area contributed by atoms with E-state index in [2.05, 4.69) is 30.4 Å². The van der Waals surface area contributed by atoms with Crippen LogP contribution in [0.3, 0.4) is 0 Å². The van der Waals surface area contributed by atoms with Crippen molar-refractivity contribution < 1.29 is 4.74 Å². The number of guanidine groups is 1. The summed E-state index contributed by atoms with van der Waals surface area (Å²) in [6.45, 7) is 5.65. The molecule has 0 amide bonds. The number of hydrogen-bond acceptors (Lipinski definition) is 4. The Morgan fingerprint density at radius 3 is 2.87 bits per heavy atom. The Labute approximate surface area is 154 Å². The van der Waals surface area contributed by atoms with E-state index >= 15 is 0 Å². The molecule has 1 fully saturated rings. The van der Waals surface area contributed by atoms with E-state index in [-0.39, 0.29) is 24.0 Å². The van der Waals surface area contributed by atoms with E-state index in [4.69, 9.17) is 4.74 Å². The van der Waals surface area contributed by atoms with Crippen LogP contribution in [0.1, 0.15) is 30.9 Å². The third-order valence-corrected chi connectivity index (χ3v) is 4.53. The summed E-state index contributed by atoms with van der Waals surface area (Å²) < 4.78 is 7.86. The van der Waals surface area contributed by atoms with Gasteiger partial charge in [0, 0.05) is 39.7 Å². The summed E-state index contributed by atoms with van der Waals surface area (Å²) in [5.41, 5.74) is 0. The first-order chi connectivity index (χ1) is 10.8. The van der Waals surface area contributed by atoms with Gasteiger partial charge in [-0.3, -0.25) is 4.99 Å². The minimum Gasteiger partial charge on any atom is -0.376 e. The summed E-state index contributed by atoms with van der Waals surface area (Å²) in [5.74, 6) is 3.58. The topological polar surface area (TPSA) is 76.4 Å². The molecule has 8 heteroatoms. The molecule has 0 aliphatic carbocycles. The Balaban J connectivity index is 0.00000192. The highest BCUT2D eigenvalue weighted by atomic mass is 127. The van der Waals surface area contributed by atoms with Gasteiger partial charge < -0.3 is 19.9 Å². The van der Waals surface area contributed by atoms with E-state index in [1.54, 1.807) is 0 Å². The average Bonchev–Trinajstić information content (AvgIpc) is 3.18. The molecular weight excluding hydrogens is 407 g/mol. The van der Waals surface area contributed by atoms with Gasteiger partial charge in [0.05, 0.1) is 6.10 Å². The first-order valence-electron chi connectivity index (χ1n) is 8.21. The summed E-state index contributed by atoms with van der Waals surface area (Å²) in [5, 5.41) is 15.2. The van der Waals surface area contributed by atoms with Crippen molar-refractivity contribution in [2.24, 2.45) is 10.9 Å². The normalized spacial score (nSPS) is 24.0. The zero-order valence-electron chi connectivity index (χ0n) is 13.9. The molecule has 7 nitrogen and oxygen atoms in total. The summed E-state index contributed by atoms with van der Waals surface area (Å²) in [7, 11) is 1.81. The van der Waals surface area contributed by atoms with Crippen LogP contribution < -0.4 is 10.6 Å². The molecule has 1 saturated heterocycles. The second kappa shape index (κ2) is 8.81. The molecule has 23 heavy (non-hydrogen) atoms. The molecule has 0 aromatic carbocycles. The predicted molar refractivity (Wildman–Crippen MR) is 100 cm³/mol. The van der Waals surface area contributed by atoms with Crippen LogP contribution in [0.15, 0.2) is 4.99 Å². The van der Waals surface area contributed by atoms with Crippen LogP contribution in [0.5, 0.6) is 0 Å². The van der Waals surface area contributed by atoms with Gasteiger partial charge in [-0.2, -0.15) is 0 Å². The highest BCUT2D eigenvalue weighted by Gasteiger charge is 2.22. The second-order valence-electron chi connectivity index (χ2n) is 6.15. The van der Waals surface area contributed by atoms with Crippen LogP contribution in [-0.2, 0) is 17.7 Å².